The highest BCUT2D eigenvalue weighted by Crippen LogP contribution is 2.40. The highest BCUT2D eigenvalue weighted by Gasteiger charge is 2.36. The Balaban J connectivity index is 1.51. The fourth-order valence-corrected chi connectivity index (χ4v) is 4.80. The number of benzene rings is 3. The molecule has 5 rings (SSSR count). The van der Waals surface area contributed by atoms with Crippen LogP contribution >= 0.6 is 11.8 Å². The molecule has 1 atom stereocenters. The number of nitrogens with zero attached hydrogens (tertiary/aromatic N) is 3. The Kier molecular flexibility index (Phi) is 7.56. The van der Waals surface area contributed by atoms with E-state index in [1.54, 1.807) is 16.4 Å². The topological polar surface area (TPSA) is 78.3 Å². The Labute approximate surface area is 220 Å². The molecule has 1 aliphatic rings. The zero-order valence-corrected chi connectivity index (χ0v) is 21.6. The molecule has 1 aromatic heterocycles. The number of carbonyl (C=O) groups excluding carboxylic acids is 1. The van der Waals surface area contributed by atoms with Gasteiger partial charge in [0, 0.05) is 11.3 Å². The minimum atomic E-state index is -0.565. The third-order valence-electron chi connectivity index (χ3n) is 5.99. The van der Waals surface area contributed by atoms with Crippen LogP contribution in [0, 0.1) is 0 Å². The SMILES string of the molecule is CCSc1nc2n(n1)C(c1ccccc1OCc1ccccc1)C(C(=O)OCc1ccccc1)=C(C)N2. The molecular formula is C29H28N4O3S. The van der Waals surface area contributed by atoms with Gasteiger partial charge < -0.3 is 14.8 Å². The summed E-state index contributed by atoms with van der Waals surface area (Å²) in [6, 6.07) is 26.8. The number of aromatic nitrogens is 3. The quantitative estimate of drug-likeness (QED) is 0.218. The molecule has 8 heteroatoms. The number of nitrogens with one attached hydrogen (secondary N) is 1. The Morgan fingerprint density at radius 2 is 1.59 bits per heavy atom. The van der Waals surface area contributed by atoms with Crippen molar-refractivity contribution in [3.63, 3.8) is 0 Å². The van der Waals surface area contributed by atoms with E-state index in [2.05, 4.69) is 17.2 Å². The molecule has 0 radical (unpaired) electrons. The number of hydrogen-bond acceptors (Lipinski definition) is 7. The molecular weight excluding hydrogens is 484 g/mol. The van der Waals surface area contributed by atoms with E-state index in [-0.39, 0.29) is 6.61 Å². The van der Waals surface area contributed by atoms with Gasteiger partial charge in [-0.15, -0.1) is 5.10 Å². The van der Waals surface area contributed by atoms with E-state index in [0.29, 0.717) is 34.7 Å². The van der Waals surface area contributed by atoms with Crippen LogP contribution in [0.2, 0.25) is 0 Å². The maximum Gasteiger partial charge on any atom is 0.338 e. The van der Waals surface area contributed by atoms with Crippen molar-refractivity contribution in [1.29, 1.82) is 0 Å². The number of anilines is 1. The molecule has 3 aromatic carbocycles. The molecule has 37 heavy (non-hydrogen) atoms. The first-order valence-corrected chi connectivity index (χ1v) is 13.2. The van der Waals surface area contributed by atoms with Crippen LogP contribution in [0.4, 0.5) is 5.95 Å². The largest absolute Gasteiger partial charge is 0.489 e. The molecule has 1 unspecified atom stereocenters. The van der Waals surface area contributed by atoms with Crippen LogP contribution in [-0.2, 0) is 22.7 Å². The van der Waals surface area contributed by atoms with Crippen LogP contribution in [0.15, 0.2) is 101 Å². The molecule has 188 valence electrons. The van der Waals surface area contributed by atoms with Crippen molar-refractivity contribution in [3.05, 3.63) is 113 Å². The van der Waals surface area contributed by atoms with E-state index in [0.717, 1.165) is 22.4 Å². The van der Waals surface area contributed by atoms with Crippen LogP contribution in [0.1, 0.15) is 36.6 Å². The fraction of sp³-hybridized carbons (Fsp3) is 0.207. The van der Waals surface area contributed by atoms with Gasteiger partial charge in [0.25, 0.3) is 0 Å². The lowest BCUT2D eigenvalue weighted by Crippen LogP contribution is -2.30. The van der Waals surface area contributed by atoms with Gasteiger partial charge >= 0.3 is 5.97 Å². The molecule has 2 heterocycles. The summed E-state index contributed by atoms with van der Waals surface area (Å²) in [5.74, 6) is 1.67. The number of ether oxygens (including phenoxy) is 2. The van der Waals surface area contributed by atoms with E-state index in [1.807, 2.05) is 91.9 Å². The van der Waals surface area contributed by atoms with Gasteiger partial charge in [-0.05, 0) is 29.9 Å². The second kappa shape index (κ2) is 11.3. The lowest BCUT2D eigenvalue weighted by atomic mass is 9.95. The summed E-state index contributed by atoms with van der Waals surface area (Å²) in [5.41, 5.74) is 3.93. The monoisotopic (exact) mass is 512 g/mol. The average molecular weight is 513 g/mol. The number of fused-ring (bicyclic) bond motifs is 1. The molecule has 0 saturated heterocycles. The van der Waals surface area contributed by atoms with Gasteiger partial charge in [0.2, 0.25) is 11.1 Å². The van der Waals surface area contributed by atoms with Crippen molar-refractivity contribution >= 4 is 23.7 Å². The van der Waals surface area contributed by atoms with Crippen LogP contribution in [0.5, 0.6) is 5.75 Å². The van der Waals surface area contributed by atoms with Crippen molar-refractivity contribution in [2.45, 2.75) is 38.3 Å². The summed E-state index contributed by atoms with van der Waals surface area (Å²) < 4.78 is 13.8. The normalized spacial score (nSPS) is 14.6. The van der Waals surface area contributed by atoms with Crippen LogP contribution in [0.3, 0.4) is 0 Å². The van der Waals surface area contributed by atoms with E-state index < -0.39 is 12.0 Å². The van der Waals surface area contributed by atoms with Crippen molar-refractivity contribution in [2.24, 2.45) is 0 Å². The Hall–Kier alpha value is -4.04. The smallest absolute Gasteiger partial charge is 0.338 e. The molecule has 0 aliphatic carbocycles. The van der Waals surface area contributed by atoms with Crippen molar-refractivity contribution in [2.75, 3.05) is 11.1 Å². The molecule has 0 amide bonds. The standard InChI is InChI=1S/C29H28N4O3S/c1-3-37-29-31-28-30-20(2)25(27(34)36-19-22-14-8-5-9-15-22)26(33(28)32-29)23-16-10-11-17-24(23)35-18-21-12-6-4-7-13-21/h4-17,26H,3,18-19H2,1-2H3,(H,30,31,32). The lowest BCUT2D eigenvalue weighted by molar-refractivity contribution is -0.140. The summed E-state index contributed by atoms with van der Waals surface area (Å²) in [5, 5.41) is 8.65. The van der Waals surface area contributed by atoms with Crippen LogP contribution < -0.4 is 10.1 Å². The molecule has 0 fully saturated rings. The van der Waals surface area contributed by atoms with Crippen LogP contribution in [-0.4, -0.2) is 26.5 Å². The number of para-hydroxylation sites is 1. The maximum absolute atomic E-state index is 13.6. The third-order valence-corrected chi connectivity index (χ3v) is 6.71. The Morgan fingerprint density at radius 1 is 0.946 bits per heavy atom. The van der Waals surface area contributed by atoms with Gasteiger partial charge in [0.05, 0.1) is 5.57 Å². The maximum atomic E-state index is 13.6. The van der Waals surface area contributed by atoms with E-state index >= 15 is 0 Å². The summed E-state index contributed by atoms with van der Waals surface area (Å²) >= 11 is 1.55. The molecule has 1 aliphatic heterocycles. The lowest BCUT2D eigenvalue weighted by Gasteiger charge is -2.29. The fourth-order valence-electron chi connectivity index (χ4n) is 4.25. The summed E-state index contributed by atoms with van der Waals surface area (Å²) in [6.07, 6.45) is 0. The second-order valence-corrected chi connectivity index (χ2v) is 9.77. The van der Waals surface area contributed by atoms with E-state index in [9.17, 15) is 4.79 Å². The van der Waals surface area contributed by atoms with E-state index in [1.165, 1.54) is 0 Å². The molecule has 1 N–H and O–H groups in total. The Bertz CT molecular complexity index is 1400. The Morgan fingerprint density at radius 3 is 2.30 bits per heavy atom. The zero-order valence-electron chi connectivity index (χ0n) is 20.8. The molecule has 4 aromatic rings. The predicted molar refractivity (Wildman–Crippen MR) is 144 cm³/mol. The highest BCUT2D eigenvalue weighted by molar-refractivity contribution is 7.99. The first kappa shape index (κ1) is 24.6. The number of carbonyl (C=O) groups is 1. The van der Waals surface area contributed by atoms with Crippen molar-refractivity contribution < 1.29 is 14.3 Å². The van der Waals surface area contributed by atoms with Gasteiger partial charge in [0.1, 0.15) is 25.0 Å². The average Bonchev–Trinajstić information content (AvgIpc) is 3.33. The minimum absolute atomic E-state index is 0.177. The highest BCUT2D eigenvalue weighted by atomic mass is 32.2. The summed E-state index contributed by atoms with van der Waals surface area (Å²) in [7, 11) is 0. The third kappa shape index (κ3) is 5.54. The van der Waals surface area contributed by atoms with Gasteiger partial charge in [-0.1, -0.05) is 97.5 Å². The summed E-state index contributed by atoms with van der Waals surface area (Å²) in [4.78, 5) is 18.2. The number of esters is 1. The molecule has 0 saturated carbocycles. The van der Waals surface area contributed by atoms with Crippen molar-refractivity contribution in [3.8, 4) is 5.75 Å². The predicted octanol–water partition coefficient (Wildman–Crippen LogP) is 6.00. The number of rotatable bonds is 9. The van der Waals surface area contributed by atoms with Gasteiger partial charge in [-0.25, -0.2) is 9.48 Å². The summed E-state index contributed by atoms with van der Waals surface area (Å²) in [6.45, 7) is 4.50. The van der Waals surface area contributed by atoms with Crippen molar-refractivity contribution in [1.82, 2.24) is 14.8 Å². The molecule has 0 spiro atoms. The van der Waals surface area contributed by atoms with Gasteiger partial charge in [0.15, 0.2) is 0 Å². The first-order valence-electron chi connectivity index (χ1n) is 12.2. The number of allylic oxidation sites excluding steroid dienone is 1. The van der Waals surface area contributed by atoms with Crippen LogP contribution in [0.25, 0.3) is 0 Å². The van der Waals surface area contributed by atoms with Gasteiger partial charge in [-0.2, -0.15) is 4.98 Å². The molecule has 7 nitrogen and oxygen atoms in total. The molecule has 0 bridgehead atoms. The number of hydrogen-bond donors (Lipinski definition) is 1. The van der Waals surface area contributed by atoms with Gasteiger partial charge in [-0.3, -0.25) is 0 Å². The minimum Gasteiger partial charge on any atom is -0.489 e. The zero-order chi connectivity index (χ0) is 25.6. The second-order valence-electron chi connectivity index (χ2n) is 8.54. The number of thioether (sulfide) groups is 1. The first-order chi connectivity index (χ1) is 18.1. The van der Waals surface area contributed by atoms with E-state index in [4.69, 9.17) is 14.6 Å².